The number of fused-ring (bicyclic) bond motifs is 1. The molecular formula is C21H17ClN2O2. The molecule has 1 heterocycles. The summed E-state index contributed by atoms with van der Waals surface area (Å²) in [6.45, 7) is 0.684. The van der Waals surface area contributed by atoms with E-state index in [1.807, 2.05) is 48.5 Å². The van der Waals surface area contributed by atoms with E-state index in [-0.39, 0.29) is 6.61 Å². The van der Waals surface area contributed by atoms with Gasteiger partial charge in [-0.2, -0.15) is 0 Å². The molecule has 3 rings (SSSR count). The van der Waals surface area contributed by atoms with E-state index >= 15 is 0 Å². The van der Waals surface area contributed by atoms with E-state index in [1.54, 1.807) is 12.3 Å². The average molecular weight is 365 g/mol. The topological polar surface area (TPSA) is 51.2 Å². The Labute approximate surface area is 157 Å². The normalized spacial score (nSPS) is 10.0. The fourth-order valence-corrected chi connectivity index (χ4v) is 2.57. The number of alkyl carbamates (subject to hydrolysis) is 1. The van der Waals surface area contributed by atoms with E-state index in [2.05, 4.69) is 22.1 Å². The highest BCUT2D eigenvalue weighted by Gasteiger charge is 2.01. The Morgan fingerprint density at radius 3 is 2.85 bits per heavy atom. The third-order valence-corrected chi connectivity index (χ3v) is 3.98. The number of amides is 1. The number of pyridine rings is 1. The van der Waals surface area contributed by atoms with Crippen LogP contribution in [-0.2, 0) is 11.3 Å². The number of rotatable bonds is 4. The van der Waals surface area contributed by atoms with Crippen LogP contribution in [0.2, 0.25) is 5.02 Å². The number of nitrogens with one attached hydrogen (secondary N) is 1. The van der Waals surface area contributed by atoms with Gasteiger partial charge in [0.15, 0.2) is 0 Å². The second kappa shape index (κ2) is 8.89. The number of nitrogens with zero attached hydrogens (tertiary/aromatic N) is 1. The van der Waals surface area contributed by atoms with Crippen molar-refractivity contribution in [1.29, 1.82) is 0 Å². The lowest BCUT2D eigenvalue weighted by molar-refractivity contribution is 0.140. The quantitative estimate of drug-likeness (QED) is 0.545. The first-order valence-electron chi connectivity index (χ1n) is 8.20. The third kappa shape index (κ3) is 4.98. The fraction of sp³-hybridized carbons (Fsp3) is 0.143. The van der Waals surface area contributed by atoms with Gasteiger partial charge in [-0.25, -0.2) is 4.79 Å². The van der Waals surface area contributed by atoms with Crippen LogP contribution < -0.4 is 5.32 Å². The average Bonchev–Trinajstić information content (AvgIpc) is 2.67. The highest BCUT2D eigenvalue weighted by Crippen LogP contribution is 2.21. The summed E-state index contributed by atoms with van der Waals surface area (Å²) in [6.07, 6.45) is 1.76. The molecule has 1 N–H and O–H groups in total. The number of carbonyl (C=O) groups is 1. The lowest BCUT2D eigenvalue weighted by Crippen LogP contribution is -2.24. The summed E-state index contributed by atoms with van der Waals surface area (Å²) >= 11 is 6.12. The van der Waals surface area contributed by atoms with Gasteiger partial charge in [-0.05, 0) is 23.8 Å². The predicted octanol–water partition coefficient (Wildman–Crippen LogP) is 4.56. The van der Waals surface area contributed by atoms with Gasteiger partial charge >= 0.3 is 6.09 Å². The molecule has 3 aromatic rings. The van der Waals surface area contributed by atoms with Gasteiger partial charge in [-0.1, -0.05) is 59.8 Å². The van der Waals surface area contributed by atoms with Crippen molar-refractivity contribution in [1.82, 2.24) is 10.3 Å². The predicted molar refractivity (Wildman–Crippen MR) is 103 cm³/mol. The first-order valence-corrected chi connectivity index (χ1v) is 8.58. The summed E-state index contributed by atoms with van der Waals surface area (Å²) in [5, 5.41) is 4.26. The molecule has 0 spiro atoms. The van der Waals surface area contributed by atoms with Crippen LogP contribution in [0.1, 0.15) is 17.5 Å². The molecule has 0 saturated carbocycles. The Morgan fingerprint density at radius 1 is 1.15 bits per heavy atom. The first kappa shape index (κ1) is 17.8. The monoisotopic (exact) mass is 364 g/mol. The molecule has 5 heteroatoms. The molecule has 1 aromatic heterocycles. The Morgan fingerprint density at radius 2 is 2.00 bits per heavy atom. The summed E-state index contributed by atoms with van der Waals surface area (Å²) < 4.78 is 5.13. The van der Waals surface area contributed by atoms with Crippen LogP contribution in [0.25, 0.3) is 10.9 Å². The summed E-state index contributed by atoms with van der Waals surface area (Å²) in [5.74, 6) is 6.09. The van der Waals surface area contributed by atoms with Gasteiger partial charge in [0.05, 0.1) is 10.5 Å². The maximum Gasteiger partial charge on any atom is 0.407 e. The standard InChI is InChI=1S/C21H17ClN2O2/c22-19-11-13-23-20-14-16(9-10-18(19)20)6-4-5-12-24-21(25)26-15-17-7-2-1-3-8-17/h1-3,7-11,13-14H,5,12,15H2,(H,24,25). The van der Waals surface area contributed by atoms with Crippen molar-refractivity contribution in [3.8, 4) is 11.8 Å². The Balaban J connectivity index is 1.44. The number of hydrogen-bond acceptors (Lipinski definition) is 3. The van der Waals surface area contributed by atoms with E-state index in [0.29, 0.717) is 18.0 Å². The SMILES string of the molecule is O=C(NCCC#Cc1ccc2c(Cl)ccnc2c1)OCc1ccccc1. The van der Waals surface area contributed by atoms with Gasteiger partial charge < -0.3 is 10.1 Å². The second-order valence-corrected chi connectivity index (χ2v) is 5.97. The Hall–Kier alpha value is -3.03. The third-order valence-electron chi connectivity index (χ3n) is 3.65. The van der Waals surface area contributed by atoms with Gasteiger partial charge in [-0.15, -0.1) is 0 Å². The van der Waals surface area contributed by atoms with Crippen LogP contribution in [0, 0.1) is 11.8 Å². The Bertz CT molecular complexity index is 962. The fourth-order valence-electron chi connectivity index (χ4n) is 2.36. The number of aromatic nitrogens is 1. The molecule has 0 saturated heterocycles. The van der Waals surface area contributed by atoms with Crippen LogP contribution in [0.3, 0.4) is 0 Å². The van der Waals surface area contributed by atoms with Gasteiger partial charge in [-0.3, -0.25) is 4.98 Å². The van der Waals surface area contributed by atoms with Crippen LogP contribution in [0.15, 0.2) is 60.8 Å². The maximum absolute atomic E-state index is 11.6. The zero-order valence-corrected chi connectivity index (χ0v) is 14.8. The number of carbonyl (C=O) groups excluding carboxylic acids is 1. The molecule has 2 aromatic carbocycles. The zero-order chi connectivity index (χ0) is 18.2. The minimum atomic E-state index is -0.444. The highest BCUT2D eigenvalue weighted by molar-refractivity contribution is 6.35. The number of hydrogen-bond donors (Lipinski definition) is 1. The summed E-state index contributed by atoms with van der Waals surface area (Å²) in [4.78, 5) is 15.9. The number of ether oxygens (including phenoxy) is 1. The van der Waals surface area contributed by atoms with Crippen molar-refractivity contribution in [3.05, 3.63) is 76.9 Å². The van der Waals surface area contributed by atoms with Crippen molar-refractivity contribution in [2.24, 2.45) is 0 Å². The van der Waals surface area contributed by atoms with Gasteiger partial charge in [0.1, 0.15) is 6.61 Å². The number of benzene rings is 2. The minimum Gasteiger partial charge on any atom is -0.445 e. The smallest absolute Gasteiger partial charge is 0.407 e. The molecule has 0 atom stereocenters. The van der Waals surface area contributed by atoms with E-state index < -0.39 is 6.09 Å². The molecule has 0 radical (unpaired) electrons. The molecule has 26 heavy (non-hydrogen) atoms. The highest BCUT2D eigenvalue weighted by atomic mass is 35.5. The van der Waals surface area contributed by atoms with Gasteiger partial charge in [0, 0.05) is 30.1 Å². The first-order chi connectivity index (χ1) is 12.7. The van der Waals surface area contributed by atoms with Crippen molar-refractivity contribution in [2.45, 2.75) is 13.0 Å². The lowest BCUT2D eigenvalue weighted by atomic mass is 10.1. The van der Waals surface area contributed by atoms with Crippen molar-refractivity contribution in [3.63, 3.8) is 0 Å². The largest absolute Gasteiger partial charge is 0.445 e. The zero-order valence-electron chi connectivity index (χ0n) is 14.0. The molecule has 0 aliphatic rings. The van der Waals surface area contributed by atoms with Crippen LogP contribution in [0.5, 0.6) is 0 Å². The molecule has 0 bridgehead atoms. The molecule has 1 amide bonds. The van der Waals surface area contributed by atoms with Crippen molar-refractivity contribution in [2.75, 3.05) is 6.54 Å². The lowest BCUT2D eigenvalue weighted by Gasteiger charge is -2.05. The number of halogens is 1. The summed E-state index contributed by atoms with van der Waals surface area (Å²) in [5.41, 5.74) is 2.62. The van der Waals surface area contributed by atoms with Crippen LogP contribution >= 0.6 is 11.6 Å². The van der Waals surface area contributed by atoms with E-state index in [1.165, 1.54) is 0 Å². The molecule has 0 aliphatic carbocycles. The van der Waals surface area contributed by atoms with Gasteiger partial charge in [0.25, 0.3) is 0 Å². The molecule has 4 nitrogen and oxygen atoms in total. The molecule has 0 unspecified atom stereocenters. The summed E-state index contributed by atoms with van der Waals surface area (Å²) in [7, 11) is 0. The molecule has 130 valence electrons. The second-order valence-electron chi connectivity index (χ2n) is 5.56. The summed E-state index contributed by atoms with van der Waals surface area (Å²) in [6, 6.07) is 17.0. The minimum absolute atomic E-state index is 0.255. The van der Waals surface area contributed by atoms with Gasteiger partial charge in [0.2, 0.25) is 0 Å². The molecular weight excluding hydrogens is 348 g/mol. The van der Waals surface area contributed by atoms with E-state index in [4.69, 9.17) is 16.3 Å². The maximum atomic E-state index is 11.6. The van der Waals surface area contributed by atoms with Crippen LogP contribution in [0.4, 0.5) is 4.79 Å². The van der Waals surface area contributed by atoms with E-state index in [9.17, 15) is 4.79 Å². The Kier molecular flexibility index (Phi) is 6.08. The van der Waals surface area contributed by atoms with Crippen molar-refractivity contribution >= 4 is 28.6 Å². The van der Waals surface area contributed by atoms with E-state index in [0.717, 1.165) is 22.0 Å². The molecule has 0 aliphatic heterocycles. The van der Waals surface area contributed by atoms with Crippen molar-refractivity contribution < 1.29 is 9.53 Å². The molecule has 0 fully saturated rings. The van der Waals surface area contributed by atoms with Crippen LogP contribution in [-0.4, -0.2) is 17.6 Å².